The maximum atomic E-state index is 12.4. The molecule has 0 bridgehead atoms. The van der Waals surface area contributed by atoms with Crippen LogP contribution in [0.15, 0.2) is 48.1 Å². The van der Waals surface area contributed by atoms with Crippen LogP contribution in [0.3, 0.4) is 0 Å². The fourth-order valence-corrected chi connectivity index (χ4v) is 5.08. The molecule has 2 unspecified atom stereocenters. The van der Waals surface area contributed by atoms with Gasteiger partial charge in [0.2, 0.25) is 0 Å². The smallest absolute Gasteiger partial charge is 0.406 e. The zero-order chi connectivity index (χ0) is 20.5. The van der Waals surface area contributed by atoms with Gasteiger partial charge >= 0.3 is 6.36 Å². The van der Waals surface area contributed by atoms with E-state index in [2.05, 4.69) is 56.0 Å². The largest absolute Gasteiger partial charge is 0.573 e. The van der Waals surface area contributed by atoms with Crippen molar-refractivity contribution in [2.75, 3.05) is 5.32 Å². The zero-order valence-corrected chi connectivity index (χ0v) is 17.0. The Kier molecular flexibility index (Phi) is 5.83. The van der Waals surface area contributed by atoms with Crippen molar-refractivity contribution in [1.82, 2.24) is 0 Å². The van der Waals surface area contributed by atoms with Crippen molar-refractivity contribution in [3.63, 3.8) is 0 Å². The molecule has 28 heavy (non-hydrogen) atoms. The molecule has 1 saturated carbocycles. The highest BCUT2D eigenvalue weighted by molar-refractivity contribution is 5.49. The Morgan fingerprint density at radius 2 is 1.79 bits per heavy atom. The van der Waals surface area contributed by atoms with Gasteiger partial charge in [0.05, 0.1) is 6.04 Å². The van der Waals surface area contributed by atoms with Crippen LogP contribution in [0, 0.1) is 23.2 Å². The lowest BCUT2D eigenvalue weighted by Gasteiger charge is -2.44. The van der Waals surface area contributed by atoms with Crippen molar-refractivity contribution in [3.8, 4) is 5.75 Å². The van der Waals surface area contributed by atoms with Gasteiger partial charge in [0.15, 0.2) is 0 Å². The normalized spacial score (nSPS) is 29.9. The fraction of sp³-hybridized carbons (Fsp3) is 0.565. The van der Waals surface area contributed by atoms with Gasteiger partial charge in [-0.25, -0.2) is 0 Å². The predicted octanol–water partition coefficient (Wildman–Crippen LogP) is 6.96. The monoisotopic (exact) mass is 393 g/mol. The first-order valence-electron chi connectivity index (χ1n) is 10.00. The van der Waals surface area contributed by atoms with Gasteiger partial charge in [0.25, 0.3) is 0 Å². The molecule has 0 saturated heterocycles. The van der Waals surface area contributed by atoms with Crippen LogP contribution in [-0.4, -0.2) is 12.4 Å². The summed E-state index contributed by atoms with van der Waals surface area (Å²) in [5.41, 5.74) is 2.34. The molecule has 2 aliphatic carbocycles. The summed E-state index contributed by atoms with van der Waals surface area (Å²) in [5, 5.41) is 3.53. The summed E-state index contributed by atoms with van der Waals surface area (Å²) < 4.78 is 41.0. The lowest BCUT2D eigenvalue weighted by atomic mass is 9.63. The van der Waals surface area contributed by atoms with Gasteiger partial charge in [-0.3, -0.25) is 0 Å². The van der Waals surface area contributed by atoms with Crippen molar-refractivity contribution in [3.05, 3.63) is 48.1 Å². The number of benzene rings is 1. The molecule has 5 heteroatoms. The van der Waals surface area contributed by atoms with Crippen LogP contribution in [0.4, 0.5) is 18.9 Å². The quantitative estimate of drug-likeness (QED) is 0.597. The first kappa shape index (κ1) is 20.8. The van der Waals surface area contributed by atoms with Gasteiger partial charge < -0.3 is 10.1 Å². The van der Waals surface area contributed by atoms with E-state index in [1.165, 1.54) is 37.0 Å². The van der Waals surface area contributed by atoms with E-state index in [-0.39, 0.29) is 11.8 Å². The van der Waals surface area contributed by atoms with E-state index >= 15 is 0 Å². The Morgan fingerprint density at radius 3 is 2.39 bits per heavy atom. The number of hydrogen-bond acceptors (Lipinski definition) is 2. The van der Waals surface area contributed by atoms with Crippen LogP contribution in [-0.2, 0) is 0 Å². The van der Waals surface area contributed by atoms with E-state index < -0.39 is 6.36 Å². The number of allylic oxidation sites excluding steroid dienone is 2. The van der Waals surface area contributed by atoms with Crippen LogP contribution in [0.1, 0.15) is 47.0 Å². The molecule has 0 radical (unpaired) electrons. The minimum Gasteiger partial charge on any atom is -0.406 e. The summed E-state index contributed by atoms with van der Waals surface area (Å²) in [6.07, 6.45) is 5.73. The zero-order valence-electron chi connectivity index (χ0n) is 17.0. The van der Waals surface area contributed by atoms with E-state index in [4.69, 9.17) is 0 Å². The van der Waals surface area contributed by atoms with Crippen LogP contribution in [0.5, 0.6) is 5.75 Å². The summed E-state index contributed by atoms with van der Waals surface area (Å²) in [6, 6.07) is 6.13. The third-order valence-electron chi connectivity index (χ3n) is 5.82. The molecule has 1 fully saturated rings. The maximum Gasteiger partial charge on any atom is 0.573 e. The number of alkyl halides is 3. The number of hydrogen-bond donors (Lipinski definition) is 1. The molecule has 4 atom stereocenters. The molecular weight excluding hydrogens is 363 g/mol. The first-order chi connectivity index (χ1) is 13.0. The standard InChI is InChI=1S/C23H30F3NO/c1-15-5-10-20(17-11-16(2)13-22(3,4)14-17)21(12-15)27-18-6-8-19(9-7-18)28-23(24,25)26/h5-10,12,16-17,20-21,27H,11,13-14H2,1-4H3/t16-,17-,20?,21?/m0/s1. The van der Waals surface area contributed by atoms with Crippen LogP contribution >= 0.6 is 0 Å². The molecule has 0 amide bonds. The molecule has 1 aromatic rings. The molecule has 1 aromatic carbocycles. The van der Waals surface area contributed by atoms with Gasteiger partial charge in [-0.15, -0.1) is 13.2 Å². The predicted molar refractivity (Wildman–Crippen MR) is 107 cm³/mol. The molecule has 0 aliphatic heterocycles. The molecule has 3 rings (SSSR count). The second kappa shape index (κ2) is 7.84. The third kappa shape index (κ3) is 5.55. The van der Waals surface area contributed by atoms with Gasteiger partial charge in [-0.1, -0.05) is 44.6 Å². The van der Waals surface area contributed by atoms with E-state index in [0.29, 0.717) is 23.2 Å². The van der Waals surface area contributed by atoms with E-state index in [9.17, 15) is 13.2 Å². The molecule has 0 spiro atoms. The average Bonchev–Trinajstić information content (AvgIpc) is 2.53. The highest BCUT2D eigenvalue weighted by atomic mass is 19.4. The summed E-state index contributed by atoms with van der Waals surface area (Å²) in [6.45, 7) is 9.12. The maximum absolute atomic E-state index is 12.4. The second-order valence-corrected chi connectivity index (χ2v) is 9.26. The highest BCUT2D eigenvalue weighted by Crippen LogP contribution is 2.46. The fourth-order valence-electron chi connectivity index (χ4n) is 5.08. The van der Waals surface area contributed by atoms with E-state index in [0.717, 1.165) is 5.69 Å². The molecule has 2 aliphatic rings. The van der Waals surface area contributed by atoms with Crippen LogP contribution < -0.4 is 10.1 Å². The highest BCUT2D eigenvalue weighted by Gasteiger charge is 2.38. The Morgan fingerprint density at radius 1 is 1.11 bits per heavy atom. The summed E-state index contributed by atoms with van der Waals surface area (Å²) in [7, 11) is 0. The van der Waals surface area contributed by atoms with Crippen molar-refractivity contribution in [2.45, 2.75) is 59.4 Å². The second-order valence-electron chi connectivity index (χ2n) is 9.26. The minimum absolute atomic E-state index is 0.130. The molecule has 2 nitrogen and oxygen atoms in total. The number of anilines is 1. The molecule has 0 aromatic heterocycles. The van der Waals surface area contributed by atoms with Crippen molar-refractivity contribution < 1.29 is 17.9 Å². The molecule has 154 valence electrons. The first-order valence-corrected chi connectivity index (χ1v) is 10.00. The molecule has 1 N–H and O–H groups in total. The van der Waals surface area contributed by atoms with Crippen molar-refractivity contribution in [2.24, 2.45) is 23.2 Å². The Hall–Kier alpha value is -1.91. The van der Waals surface area contributed by atoms with Crippen molar-refractivity contribution >= 4 is 5.69 Å². The average molecular weight is 393 g/mol. The number of ether oxygens (including phenoxy) is 1. The van der Waals surface area contributed by atoms with Gasteiger partial charge in [0.1, 0.15) is 5.75 Å². The summed E-state index contributed by atoms with van der Waals surface area (Å²) in [5.74, 6) is 1.46. The van der Waals surface area contributed by atoms with E-state index in [1.54, 1.807) is 12.1 Å². The number of halogens is 3. The number of nitrogens with one attached hydrogen (secondary N) is 1. The lowest BCUT2D eigenvalue weighted by Crippen LogP contribution is -2.39. The lowest BCUT2D eigenvalue weighted by molar-refractivity contribution is -0.274. The van der Waals surface area contributed by atoms with Crippen LogP contribution in [0.2, 0.25) is 0 Å². The third-order valence-corrected chi connectivity index (χ3v) is 5.82. The Balaban J connectivity index is 1.74. The number of rotatable bonds is 4. The summed E-state index contributed by atoms with van der Waals surface area (Å²) in [4.78, 5) is 0. The Bertz CT molecular complexity index is 733. The van der Waals surface area contributed by atoms with Crippen molar-refractivity contribution in [1.29, 1.82) is 0 Å². The van der Waals surface area contributed by atoms with Gasteiger partial charge in [-0.05, 0) is 67.7 Å². The Labute approximate surface area is 165 Å². The van der Waals surface area contributed by atoms with Crippen LogP contribution in [0.25, 0.3) is 0 Å². The topological polar surface area (TPSA) is 21.3 Å². The molecule has 0 heterocycles. The SMILES string of the molecule is CC1=CC(Nc2ccc(OC(F)(F)F)cc2)C([C@H]2C[C@H](C)CC(C)(C)C2)C=C1. The van der Waals surface area contributed by atoms with Gasteiger partial charge in [-0.2, -0.15) is 0 Å². The summed E-state index contributed by atoms with van der Waals surface area (Å²) >= 11 is 0. The van der Waals surface area contributed by atoms with Gasteiger partial charge in [0, 0.05) is 11.6 Å². The van der Waals surface area contributed by atoms with E-state index in [1.807, 2.05) is 0 Å². The molecular formula is C23H30F3NO. The minimum atomic E-state index is -4.67.